The second-order valence-electron chi connectivity index (χ2n) is 2.94. The third kappa shape index (κ3) is 8.91. The smallest absolute Gasteiger partial charge is 0.00424 e. The van der Waals surface area contributed by atoms with E-state index in [0.29, 0.717) is 5.92 Å². The van der Waals surface area contributed by atoms with Gasteiger partial charge in [0.1, 0.15) is 0 Å². The zero-order chi connectivity index (χ0) is 10.7. The highest BCUT2D eigenvalue weighted by Crippen LogP contribution is 2.11. The minimum Gasteiger partial charge on any atom is -0.330 e. The van der Waals surface area contributed by atoms with Crippen molar-refractivity contribution >= 4 is 0 Å². The summed E-state index contributed by atoms with van der Waals surface area (Å²) >= 11 is 0. The molecule has 0 unspecified atom stereocenters. The van der Waals surface area contributed by atoms with E-state index in [0.717, 1.165) is 13.0 Å². The van der Waals surface area contributed by atoms with Crippen molar-refractivity contribution in [2.24, 2.45) is 11.7 Å². The lowest BCUT2D eigenvalue weighted by molar-refractivity contribution is 0.781. The van der Waals surface area contributed by atoms with Gasteiger partial charge in [0.2, 0.25) is 0 Å². The van der Waals surface area contributed by atoms with Gasteiger partial charge in [0.05, 0.1) is 0 Å². The highest BCUT2D eigenvalue weighted by molar-refractivity contribution is 5.19. The first-order valence-corrected chi connectivity index (χ1v) is 4.58. The Morgan fingerprint density at radius 3 is 2.23 bits per heavy atom. The summed E-state index contributed by atoms with van der Waals surface area (Å²) in [7, 11) is 0. The molecule has 1 heteroatoms. The number of terminal acetylenes is 1. The van der Waals surface area contributed by atoms with Crippen molar-refractivity contribution in [3.8, 4) is 12.8 Å². The molecule has 1 nitrogen and oxygen atoms in total. The predicted molar refractivity (Wildman–Crippen MR) is 61.3 cm³/mol. The largest absolute Gasteiger partial charge is 0.330 e. The van der Waals surface area contributed by atoms with E-state index in [1.807, 2.05) is 6.92 Å². The van der Waals surface area contributed by atoms with Crippen LogP contribution in [0.15, 0.2) is 23.8 Å². The van der Waals surface area contributed by atoms with Gasteiger partial charge in [-0.3, -0.25) is 0 Å². The summed E-state index contributed by atoms with van der Waals surface area (Å²) in [6, 6.07) is 0. The van der Waals surface area contributed by atoms with Crippen LogP contribution in [0.5, 0.6) is 0 Å². The molecular weight excluding hydrogens is 158 g/mol. The van der Waals surface area contributed by atoms with Crippen molar-refractivity contribution < 1.29 is 0 Å². The maximum Gasteiger partial charge on any atom is -0.00424 e. The van der Waals surface area contributed by atoms with Gasteiger partial charge in [0.15, 0.2) is 0 Å². The van der Waals surface area contributed by atoms with Crippen molar-refractivity contribution in [1.82, 2.24) is 0 Å². The lowest BCUT2D eigenvalue weighted by Crippen LogP contribution is -1.98. The Labute approximate surface area is 82.7 Å². The normalized spacial score (nSPS) is 11.5. The maximum atomic E-state index is 5.40. The summed E-state index contributed by atoms with van der Waals surface area (Å²) in [6.07, 6.45) is 15.4. The van der Waals surface area contributed by atoms with Crippen LogP contribution in [0, 0.1) is 18.8 Å². The van der Waals surface area contributed by atoms with Gasteiger partial charge in [-0.15, -0.1) is 12.8 Å². The van der Waals surface area contributed by atoms with Crippen LogP contribution in [0.1, 0.15) is 27.2 Å². The van der Waals surface area contributed by atoms with Crippen LogP contribution in [-0.4, -0.2) is 6.54 Å². The molecule has 0 rings (SSSR count). The van der Waals surface area contributed by atoms with Crippen LogP contribution < -0.4 is 5.73 Å². The van der Waals surface area contributed by atoms with Gasteiger partial charge in [-0.1, -0.05) is 32.1 Å². The van der Waals surface area contributed by atoms with E-state index in [1.165, 1.54) is 5.57 Å². The van der Waals surface area contributed by atoms with Crippen LogP contribution in [0.3, 0.4) is 0 Å². The molecule has 74 valence electrons. The Morgan fingerprint density at radius 2 is 1.92 bits per heavy atom. The lowest BCUT2D eigenvalue weighted by Gasteiger charge is -2.05. The van der Waals surface area contributed by atoms with E-state index in [-0.39, 0.29) is 0 Å². The van der Waals surface area contributed by atoms with E-state index < -0.39 is 0 Å². The van der Waals surface area contributed by atoms with E-state index in [9.17, 15) is 0 Å². The average Bonchev–Trinajstić information content (AvgIpc) is 2.15. The monoisotopic (exact) mass is 179 g/mol. The first kappa shape index (κ1) is 14.5. The molecule has 0 saturated heterocycles. The minimum atomic E-state index is 0.609. The number of rotatable bonds is 4. The van der Waals surface area contributed by atoms with Crippen LogP contribution in [0.4, 0.5) is 0 Å². The highest BCUT2D eigenvalue weighted by atomic mass is 14.5. The number of hydrogen-bond acceptors (Lipinski definition) is 1. The number of nitrogens with two attached hydrogens (primary N) is 1. The van der Waals surface area contributed by atoms with Crippen LogP contribution in [0.25, 0.3) is 0 Å². The van der Waals surface area contributed by atoms with Gasteiger partial charge >= 0.3 is 0 Å². The highest BCUT2D eigenvalue weighted by Gasteiger charge is 1.96. The molecule has 0 aromatic heterocycles. The molecule has 0 heterocycles. The van der Waals surface area contributed by atoms with Crippen molar-refractivity contribution in [2.45, 2.75) is 27.2 Å². The van der Waals surface area contributed by atoms with E-state index in [1.54, 1.807) is 0 Å². The molecule has 0 aliphatic rings. The van der Waals surface area contributed by atoms with Crippen molar-refractivity contribution in [3.63, 3.8) is 0 Å². The van der Waals surface area contributed by atoms with Crippen LogP contribution >= 0.6 is 0 Å². The summed E-state index contributed by atoms with van der Waals surface area (Å²) in [4.78, 5) is 0. The zero-order valence-corrected chi connectivity index (χ0v) is 8.96. The standard InChI is InChI=1S/C10H19N.C2H2/c1-4-6-10(9(2)3)7-5-8-11;1-2/h4,6-7,9H,5,8,11H2,1-3H3;1-2H/b6-4-,10-7+;. The molecule has 13 heavy (non-hydrogen) atoms. The van der Waals surface area contributed by atoms with Gasteiger partial charge in [0, 0.05) is 0 Å². The third-order valence-corrected chi connectivity index (χ3v) is 1.57. The molecule has 0 radical (unpaired) electrons. The van der Waals surface area contributed by atoms with Gasteiger partial charge in [-0.2, -0.15) is 0 Å². The second kappa shape index (κ2) is 11.0. The topological polar surface area (TPSA) is 26.0 Å². The SMILES string of the molecule is C#C.C/C=C\C(=C/CCN)C(C)C. The first-order chi connectivity index (χ1) is 6.22. The quantitative estimate of drug-likeness (QED) is 0.521. The molecule has 0 aromatic carbocycles. The van der Waals surface area contributed by atoms with E-state index in [2.05, 4.69) is 44.9 Å². The summed E-state index contributed by atoms with van der Waals surface area (Å²) in [5.74, 6) is 0.609. The summed E-state index contributed by atoms with van der Waals surface area (Å²) < 4.78 is 0. The summed E-state index contributed by atoms with van der Waals surface area (Å²) in [5, 5.41) is 0. The minimum absolute atomic E-state index is 0.609. The molecule has 0 aromatic rings. The van der Waals surface area contributed by atoms with Gasteiger partial charge < -0.3 is 5.73 Å². The van der Waals surface area contributed by atoms with E-state index in [4.69, 9.17) is 5.73 Å². The van der Waals surface area contributed by atoms with Gasteiger partial charge in [0.25, 0.3) is 0 Å². The fourth-order valence-corrected chi connectivity index (χ4v) is 0.939. The molecule has 0 amide bonds. The van der Waals surface area contributed by atoms with Gasteiger partial charge in [-0.05, 0) is 31.4 Å². The molecule has 0 spiro atoms. The first-order valence-electron chi connectivity index (χ1n) is 4.58. The molecule has 0 fully saturated rings. The molecule has 2 N–H and O–H groups in total. The summed E-state index contributed by atoms with van der Waals surface area (Å²) in [5.41, 5.74) is 6.79. The van der Waals surface area contributed by atoms with Crippen LogP contribution in [-0.2, 0) is 0 Å². The average molecular weight is 179 g/mol. The Morgan fingerprint density at radius 1 is 1.38 bits per heavy atom. The molecule has 0 aliphatic heterocycles. The Hall–Kier alpha value is -1.00. The fraction of sp³-hybridized carbons (Fsp3) is 0.500. The molecule has 0 bridgehead atoms. The van der Waals surface area contributed by atoms with Crippen molar-refractivity contribution in [3.05, 3.63) is 23.8 Å². The molecule has 0 saturated carbocycles. The Bertz CT molecular complexity index is 173. The number of allylic oxidation sites excluding steroid dienone is 3. The van der Waals surface area contributed by atoms with Crippen molar-refractivity contribution in [2.75, 3.05) is 6.54 Å². The second-order valence-corrected chi connectivity index (χ2v) is 2.94. The Kier molecular flexibility index (Phi) is 12.3. The fourth-order valence-electron chi connectivity index (χ4n) is 0.939. The zero-order valence-electron chi connectivity index (χ0n) is 8.96. The number of hydrogen-bond donors (Lipinski definition) is 1. The Balaban J connectivity index is 0. The van der Waals surface area contributed by atoms with Gasteiger partial charge in [-0.25, -0.2) is 0 Å². The molecule has 0 atom stereocenters. The van der Waals surface area contributed by atoms with Crippen molar-refractivity contribution in [1.29, 1.82) is 0 Å². The van der Waals surface area contributed by atoms with Crippen LogP contribution in [0.2, 0.25) is 0 Å². The van der Waals surface area contributed by atoms with E-state index >= 15 is 0 Å². The summed E-state index contributed by atoms with van der Waals surface area (Å²) in [6.45, 7) is 7.18. The molecular formula is C12H21N. The maximum absolute atomic E-state index is 5.40. The third-order valence-electron chi connectivity index (χ3n) is 1.57. The predicted octanol–water partition coefficient (Wildman–Crippen LogP) is 2.74. The lowest BCUT2D eigenvalue weighted by atomic mass is 10.0. The molecule has 0 aliphatic carbocycles.